The molecule has 7 heteroatoms. The summed E-state index contributed by atoms with van der Waals surface area (Å²) in [4.78, 5) is 9.47. The number of thiazole rings is 1. The molecule has 2 heterocycles. The number of pyridine rings is 1. The Balaban J connectivity index is 0.000000170. The summed E-state index contributed by atoms with van der Waals surface area (Å²) in [6.45, 7) is 2.11. The molecule has 0 aliphatic heterocycles. The SMILES string of the molecule is COc1ccc(S(C)=O)cc1OC.Cc1ccccc1-c1nc2ccncc2s1. The fourth-order valence-electron chi connectivity index (χ4n) is 2.70. The number of nitrogens with zero attached hydrogens (tertiary/aromatic N) is 2. The van der Waals surface area contributed by atoms with Gasteiger partial charge in [-0.2, -0.15) is 0 Å². The first-order valence-corrected chi connectivity index (χ1v) is 11.2. The van der Waals surface area contributed by atoms with Crippen LogP contribution in [0.1, 0.15) is 5.56 Å². The lowest BCUT2D eigenvalue weighted by Gasteiger charge is -2.07. The Bertz CT molecular complexity index is 1110. The first kappa shape index (κ1) is 21.0. The molecule has 0 saturated heterocycles. The van der Waals surface area contributed by atoms with E-state index in [1.165, 1.54) is 11.1 Å². The molecule has 2 aromatic heterocycles. The van der Waals surface area contributed by atoms with Crippen molar-refractivity contribution in [2.24, 2.45) is 0 Å². The van der Waals surface area contributed by atoms with Gasteiger partial charge in [-0.15, -0.1) is 11.3 Å². The van der Waals surface area contributed by atoms with Crippen molar-refractivity contribution in [3.8, 4) is 22.1 Å². The first-order chi connectivity index (χ1) is 14.0. The molecular weight excluding hydrogens is 404 g/mol. The van der Waals surface area contributed by atoms with Gasteiger partial charge in [-0.1, -0.05) is 24.3 Å². The summed E-state index contributed by atoms with van der Waals surface area (Å²) in [5.41, 5.74) is 3.50. The molecule has 2 aromatic carbocycles. The van der Waals surface area contributed by atoms with Crippen LogP contribution in [-0.2, 0) is 10.8 Å². The van der Waals surface area contributed by atoms with Crippen LogP contribution in [0.2, 0.25) is 0 Å². The van der Waals surface area contributed by atoms with Crippen molar-refractivity contribution in [2.75, 3.05) is 20.5 Å². The third-order valence-electron chi connectivity index (χ3n) is 4.25. The van der Waals surface area contributed by atoms with Crippen LogP contribution < -0.4 is 9.47 Å². The van der Waals surface area contributed by atoms with Gasteiger partial charge in [0.05, 0.1) is 24.4 Å². The lowest BCUT2D eigenvalue weighted by atomic mass is 10.1. The zero-order valence-corrected chi connectivity index (χ0v) is 18.3. The highest BCUT2D eigenvalue weighted by atomic mass is 32.2. The van der Waals surface area contributed by atoms with E-state index in [4.69, 9.17) is 9.47 Å². The topological polar surface area (TPSA) is 61.3 Å². The minimum Gasteiger partial charge on any atom is -0.493 e. The smallest absolute Gasteiger partial charge is 0.161 e. The molecule has 0 spiro atoms. The van der Waals surface area contributed by atoms with Crippen LogP contribution in [0.5, 0.6) is 11.5 Å². The van der Waals surface area contributed by atoms with Crippen LogP contribution in [0.25, 0.3) is 20.8 Å². The summed E-state index contributed by atoms with van der Waals surface area (Å²) < 4.78 is 22.4. The Morgan fingerprint density at radius 3 is 2.41 bits per heavy atom. The zero-order chi connectivity index (χ0) is 20.8. The summed E-state index contributed by atoms with van der Waals surface area (Å²) in [6, 6.07) is 15.5. The molecule has 0 aliphatic carbocycles. The molecule has 0 radical (unpaired) electrons. The highest BCUT2D eigenvalue weighted by Crippen LogP contribution is 2.31. The Morgan fingerprint density at radius 2 is 1.76 bits per heavy atom. The van der Waals surface area contributed by atoms with Gasteiger partial charge in [0.25, 0.3) is 0 Å². The largest absolute Gasteiger partial charge is 0.493 e. The van der Waals surface area contributed by atoms with Crippen LogP contribution in [-0.4, -0.2) is 34.7 Å². The lowest BCUT2D eigenvalue weighted by Crippen LogP contribution is -1.93. The van der Waals surface area contributed by atoms with E-state index in [1.807, 2.05) is 24.4 Å². The molecule has 1 unspecified atom stereocenters. The van der Waals surface area contributed by atoms with E-state index in [2.05, 4.69) is 29.0 Å². The predicted octanol–water partition coefficient (Wildman–Crippen LogP) is 5.11. The Hall–Kier alpha value is -2.77. The molecule has 0 amide bonds. The molecule has 0 aliphatic rings. The summed E-state index contributed by atoms with van der Waals surface area (Å²) in [5.74, 6) is 1.26. The number of rotatable bonds is 4. The van der Waals surface area contributed by atoms with Crippen LogP contribution in [0.3, 0.4) is 0 Å². The maximum Gasteiger partial charge on any atom is 0.161 e. The van der Waals surface area contributed by atoms with Crippen LogP contribution in [0.4, 0.5) is 0 Å². The Kier molecular flexibility index (Phi) is 6.95. The Morgan fingerprint density at radius 1 is 1.00 bits per heavy atom. The highest BCUT2D eigenvalue weighted by molar-refractivity contribution is 7.84. The van der Waals surface area contributed by atoms with Crippen molar-refractivity contribution < 1.29 is 13.7 Å². The van der Waals surface area contributed by atoms with E-state index in [0.717, 1.165) is 20.1 Å². The number of benzene rings is 2. The van der Waals surface area contributed by atoms with Crippen LogP contribution in [0.15, 0.2) is 65.8 Å². The molecule has 4 aromatic rings. The average molecular weight is 427 g/mol. The first-order valence-electron chi connectivity index (χ1n) is 8.85. The molecule has 0 bridgehead atoms. The normalized spacial score (nSPS) is 11.4. The molecule has 150 valence electrons. The van der Waals surface area contributed by atoms with Crippen LogP contribution >= 0.6 is 11.3 Å². The van der Waals surface area contributed by atoms with Crippen molar-refractivity contribution in [1.82, 2.24) is 9.97 Å². The summed E-state index contributed by atoms with van der Waals surface area (Å²) in [6.07, 6.45) is 5.28. The van der Waals surface area contributed by atoms with Gasteiger partial charge in [0, 0.05) is 46.0 Å². The van der Waals surface area contributed by atoms with Gasteiger partial charge < -0.3 is 9.47 Å². The van der Waals surface area contributed by atoms with Crippen molar-refractivity contribution in [2.45, 2.75) is 11.8 Å². The average Bonchev–Trinajstić information content (AvgIpc) is 3.18. The van der Waals surface area contributed by atoms with Gasteiger partial charge in [0.15, 0.2) is 11.5 Å². The van der Waals surface area contributed by atoms with E-state index in [1.54, 1.807) is 56.2 Å². The van der Waals surface area contributed by atoms with E-state index in [-0.39, 0.29) is 0 Å². The Labute approximate surface area is 176 Å². The zero-order valence-electron chi connectivity index (χ0n) is 16.7. The van der Waals surface area contributed by atoms with E-state index in [9.17, 15) is 4.21 Å². The third-order valence-corrected chi connectivity index (χ3v) is 6.21. The number of aryl methyl sites for hydroxylation is 1. The number of ether oxygens (including phenoxy) is 2. The third kappa shape index (κ3) is 4.99. The molecule has 4 rings (SSSR count). The fraction of sp³-hybridized carbons (Fsp3) is 0.182. The summed E-state index contributed by atoms with van der Waals surface area (Å²) in [7, 11) is 2.14. The van der Waals surface area contributed by atoms with Gasteiger partial charge >= 0.3 is 0 Å². The van der Waals surface area contributed by atoms with Crippen molar-refractivity contribution >= 4 is 32.4 Å². The van der Waals surface area contributed by atoms with Crippen molar-refractivity contribution in [1.29, 1.82) is 0 Å². The van der Waals surface area contributed by atoms with E-state index >= 15 is 0 Å². The molecular formula is C22H22N2O3S2. The van der Waals surface area contributed by atoms with Gasteiger partial charge in [-0.05, 0) is 30.7 Å². The summed E-state index contributed by atoms with van der Waals surface area (Å²) >= 11 is 1.69. The number of aromatic nitrogens is 2. The maximum atomic E-state index is 11.1. The van der Waals surface area contributed by atoms with Gasteiger partial charge in [-0.25, -0.2) is 4.98 Å². The number of hydrogen-bond acceptors (Lipinski definition) is 6. The molecule has 1 atom stereocenters. The molecule has 0 N–H and O–H groups in total. The second-order valence-electron chi connectivity index (χ2n) is 6.15. The number of fused-ring (bicyclic) bond motifs is 1. The number of hydrogen-bond donors (Lipinski definition) is 0. The van der Waals surface area contributed by atoms with Crippen LogP contribution in [0, 0.1) is 6.92 Å². The predicted molar refractivity (Wildman–Crippen MR) is 119 cm³/mol. The maximum absolute atomic E-state index is 11.1. The highest BCUT2D eigenvalue weighted by Gasteiger charge is 2.07. The van der Waals surface area contributed by atoms with E-state index in [0.29, 0.717) is 11.5 Å². The minimum absolute atomic E-state index is 0.607. The second-order valence-corrected chi connectivity index (χ2v) is 8.56. The van der Waals surface area contributed by atoms with Crippen molar-refractivity contribution in [3.05, 3.63) is 66.5 Å². The molecule has 0 saturated carbocycles. The molecule has 0 fully saturated rings. The van der Waals surface area contributed by atoms with Gasteiger partial charge in [0.1, 0.15) is 5.01 Å². The minimum atomic E-state index is -0.987. The summed E-state index contributed by atoms with van der Waals surface area (Å²) in [5, 5.41) is 1.07. The quantitative estimate of drug-likeness (QED) is 0.454. The van der Waals surface area contributed by atoms with E-state index < -0.39 is 10.8 Å². The standard InChI is InChI=1S/C13H10N2S.C9H12O3S/c1-9-4-2-3-5-10(9)13-15-11-6-7-14-8-12(11)16-13;1-11-8-5-4-7(13(3)10)6-9(8)12-2/h2-8H,1H3;4-6H,1-3H3. The number of methoxy groups -OCH3 is 2. The molecule has 5 nitrogen and oxygen atoms in total. The molecule has 29 heavy (non-hydrogen) atoms. The second kappa shape index (κ2) is 9.62. The lowest BCUT2D eigenvalue weighted by molar-refractivity contribution is 0.354. The van der Waals surface area contributed by atoms with Gasteiger partial charge in [-0.3, -0.25) is 9.19 Å². The fourth-order valence-corrected chi connectivity index (χ4v) is 4.26. The van der Waals surface area contributed by atoms with Gasteiger partial charge in [0.2, 0.25) is 0 Å². The van der Waals surface area contributed by atoms with Crippen molar-refractivity contribution in [3.63, 3.8) is 0 Å². The monoisotopic (exact) mass is 426 g/mol.